The average molecular weight is 355 g/mol. The first-order valence-corrected chi connectivity index (χ1v) is 9.50. The Morgan fingerprint density at radius 1 is 1.36 bits per heavy atom. The van der Waals surface area contributed by atoms with E-state index >= 15 is 0 Å². The summed E-state index contributed by atoms with van der Waals surface area (Å²) < 4.78 is 1.81. The zero-order chi connectivity index (χ0) is 17.6. The van der Waals surface area contributed by atoms with E-state index in [1.165, 1.54) is 0 Å². The second kappa shape index (κ2) is 5.98. The Hall–Kier alpha value is -2.15. The maximum Gasteiger partial charge on any atom is 0.227 e. The molecule has 6 nitrogen and oxygen atoms in total. The van der Waals surface area contributed by atoms with E-state index in [1.54, 1.807) is 18.0 Å². The number of carbonyl (C=O) groups excluding carboxylic acids is 1. The fourth-order valence-corrected chi connectivity index (χ4v) is 4.15. The van der Waals surface area contributed by atoms with Crippen LogP contribution in [0.4, 0.5) is 5.95 Å². The zero-order valence-corrected chi connectivity index (χ0v) is 15.4. The van der Waals surface area contributed by atoms with Crippen molar-refractivity contribution in [2.24, 2.45) is 5.41 Å². The number of hydrogen-bond acceptors (Lipinski definition) is 6. The van der Waals surface area contributed by atoms with Crippen molar-refractivity contribution in [2.75, 3.05) is 11.1 Å². The minimum Gasteiger partial charge on any atom is -0.328 e. The predicted octanol–water partition coefficient (Wildman–Crippen LogP) is 3.44. The van der Waals surface area contributed by atoms with Gasteiger partial charge >= 0.3 is 0 Å². The molecule has 2 aromatic heterocycles. The van der Waals surface area contributed by atoms with Gasteiger partial charge in [0.1, 0.15) is 6.04 Å². The highest BCUT2D eigenvalue weighted by Gasteiger charge is 2.42. The van der Waals surface area contributed by atoms with Crippen molar-refractivity contribution in [1.29, 1.82) is 0 Å². The van der Waals surface area contributed by atoms with Crippen LogP contribution < -0.4 is 5.32 Å². The molecule has 1 atom stereocenters. The third kappa shape index (κ3) is 2.86. The van der Waals surface area contributed by atoms with Crippen molar-refractivity contribution in [2.45, 2.75) is 44.8 Å². The zero-order valence-electron chi connectivity index (χ0n) is 14.6. The maximum absolute atomic E-state index is 13.0. The summed E-state index contributed by atoms with van der Waals surface area (Å²) in [4.78, 5) is 22.1. The van der Waals surface area contributed by atoms with Gasteiger partial charge in [-0.25, -0.2) is 4.68 Å². The molecule has 1 aliphatic heterocycles. The summed E-state index contributed by atoms with van der Waals surface area (Å²) in [5.74, 6) is 1.76. The minimum atomic E-state index is -0.310. The second-order valence-corrected chi connectivity index (χ2v) is 8.44. The highest BCUT2D eigenvalue weighted by atomic mass is 32.2. The molecule has 1 aliphatic carbocycles. The lowest BCUT2D eigenvalue weighted by molar-refractivity contribution is -0.118. The summed E-state index contributed by atoms with van der Waals surface area (Å²) in [5, 5.41) is 8.73. The molecule has 0 saturated heterocycles. The van der Waals surface area contributed by atoms with Crippen molar-refractivity contribution in [3.63, 3.8) is 0 Å². The second-order valence-electron chi connectivity index (χ2n) is 7.21. The fraction of sp³-hybridized carbons (Fsp3) is 0.444. The molecule has 1 N–H and O–H groups in total. The number of fused-ring (bicyclic) bond motifs is 1. The first kappa shape index (κ1) is 16.3. The number of carbonyl (C=O) groups is 1. The van der Waals surface area contributed by atoms with E-state index in [0.717, 1.165) is 34.3 Å². The van der Waals surface area contributed by atoms with Gasteiger partial charge in [0, 0.05) is 23.9 Å². The van der Waals surface area contributed by atoms with Crippen LogP contribution in [0.25, 0.3) is 0 Å². The SMILES string of the molecule is CCSc1nc2n(n1)[C@@H](c1ccccn1)C1=C(CC(C)(C)CC1=O)N2. The average Bonchev–Trinajstić information content (AvgIpc) is 2.95. The van der Waals surface area contributed by atoms with Gasteiger partial charge in [-0.1, -0.05) is 38.6 Å². The van der Waals surface area contributed by atoms with Crippen molar-refractivity contribution < 1.29 is 4.79 Å². The number of anilines is 1. The predicted molar refractivity (Wildman–Crippen MR) is 97.5 cm³/mol. The lowest BCUT2D eigenvalue weighted by Gasteiger charge is -2.37. The summed E-state index contributed by atoms with van der Waals surface area (Å²) in [6.07, 6.45) is 3.12. The van der Waals surface area contributed by atoms with Gasteiger partial charge in [0.05, 0.1) is 5.69 Å². The number of thioether (sulfide) groups is 1. The van der Waals surface area contributed by atoms with E-state index < -0.39 is 0 Å². The molecular formula is C18H21N5OS. The van der Waals surface area contributed by atoms with Gasteiger partial charge in [-0.2, -0.15) is 4.98 Å². The molecule has 0 spiro atoms. The minimum absolute atomic E-state index is 0.0548. The Balaban J connectivity index is 1.88. The molecule has 2 aromatic rings. The molecule has 0 amide bonds. The standard InChI is InChI=1S/C18H21N5OS/c1-4-25-17-21-16-20-12-9-18(2,3)10-13(24)14(12)15(23(16)22-17)11-7-5-6-8-19-11/h5-8,15H,4,9-10H2,1-3H3,(H,20,21,22)/t15-/m0/s1. The van der Waals surface area contributed by atoms with Gasteiger partial charge in [-0.05, 0) is 29.7 Å². The van der Waals surface area contributed by atoms with E-state index in [9.17, 15) is 4.79 Å². The molecule has 3 heterocycles. The summed E-state index contributed by atoms with van der Waals surface area (Å²) in [6.45, 7) is 6.33. The normalized spacial score (nSPS) is 21.6. The van der Waals surface area contributed by atoms with E-state index in [0.29, 0.717) is 12.4 Å². The molecule has 0 fully saturated rings. The number of rotatable bonds is 3. The third-order valence-electron chi connectivity index (χ3n) is 4.55. The van der Waals surface area contributed by atoms with E-state index in [2.05, 4.69) is 41.2 Å². The first-order valence-electron chi connectivity index (χ1n) is 8.52. The van der Waals surface area contributed by atoms with Crippen molar-refractivity contribution in [3.8, 4) is 0 Å². The van der Waals surface area contributed by atoms with E-state index in [-0.39, 0.29) is 17.2 Å². The summed E-state index contributed by atoms with van der Waals surface area (Å²) >= 11 is 1.59. The number of pyridine rings is 1. The van der Waals surface area contributed by atoms with Crippen LogP contribution in [-0.2, 0) is 4.79 Å². The third-order valence-corrected chi connectivity index (χ3v) is 5.27. The number of allylic oxidation sites excluding steroid dienone is 2. The van der Waals surface area contributed by atoms with Gasteiger partial charge in [-0.3, -0.25) is 9.78 Å². The van der Waals surface area contributed by atoms with E-state index in [1.807, 2.05) is 22.9 Å². The maximum atomic E-state index is 13.0. The Kier molecular flexibility index (Phi) is 3.91. The Morgan fingerprint density at radius 2 is 2.20 bits per heavy atom. The molecule has 7 heteroatoms. The summed E-state index contributed by atoms with van der Waals surface area (Å²) in [7, 11) is 0. The monoisotopic (exact) mass is 355 g/mol. The van der Waals surface area contributed by atoms with Crippen molar-refractivity contribution >= 4 is 23.5 Å². The summed E-state index contributed by atoms with van der Waals surface area (Å²) in [6, 6.07) is 5.47. The Morgan fingerprint density at radius 3 is 2.92 bits per heavy atom. The molecule has 0 aromatic carbocycles. The van der Waals surface area contributed by atoms with Gasteiger partial charge in [0.15, 0.2) is 5.78 Å². The molecular weight excluding hydrogens is 334 g/mol. The van der Waals surface area contributed by atoms with Crippen LogP contribution in [0.2, 0.25) is 0 Å². The lowest BCUT2D eigenvalue weighted by Crippen LogP contribution is -2.36. The molecule has 130 valence electrons. The first-order chi connectivity index (χ1) is 12.0. The Bertz CT molecular complexity index is 856. The highest BCUT2D eigenvalue weighted by molar-refractivity contribution is 7.99. The molecule has 0 saturated carbocycles. The molecule has 2 aliphatic rings. The van der Waals surface area contributed by atoms with Crippen molar-refractivity contribution in [3.05, 3.63) is 41.4 Å². The van der Waals surface area contributed by atoms with Gasteiger partial charge in [0.2, 0.25) is 11.1 Å². The number of aromatic nitrogens is 4. The number of nitrogens with one attached hydrogen (secondary N) is 1. The van der Waals surface area contributed by atoms with Crippen LogP contribution in [0.3, 0.4) is 0 Å². The summed E-state index contributed by atoms with van der Waals surface area (Å²) in [5.41, 5.74) is 2.51. The van der Waals surface area contributed by atoms with Gasteiger partial charge in [0.25, 0.3) is 0 Å². The Labute approximate surface area is 151 Å². The number of nitrogens with zero attached hydrogens (tertiary/aromatic N) is 4. The van der Waals surface area contributed by atoms with Crippen LogP contribution in [0.1, 0.15) is 45.3 Å². The number of Topliss-reactive ketones (excluding diaryl/α,β-unsaturated/α-hetero) is 1. The van der Waals surface area contributed by atoms with Crippen LogP contribution >= 0.6 is 11.8 Å². The van der Waals surface area contributed by atoms with Crippen LogP contribution in [0.15, 0.2) is 40.8 Å². The van der Waals surface area contributed by atoms with Crippen LogP contribution in [0.5, 0.6) is 0 Å². The molecule has 4 rings (SSSR count). The number of hydrogen-bond donors (Lipinski definition) is 1. The van der Waals surface area contributed by atoms with Crippen LogP contribution in [-0.4, -0.2) is 31.3 Å². The molecule has 0 radical (unpaired) electrons. The molecule has 0 unspecified atom stereocenters. The smallest absolute Gasteiger partial charge is 0.227 e. The number of ketones is 1. The molecule has 0 bridgehead atoms. The highest BCUT2D eigenvalue weighted by Crippen LogP contribution is 2.45. The van der Waals surface area contributed by atoms with Crippen LogP contribution in [0, 0.1) is 5.41 Å². The van der Waals surface area contributed by atoms with Gasteiger partial charge < -0.3 is 5.32 Å². The van der Waals surface area contributed by atoms with Gasteiger partial charge in [-0.15, -0.1) is 5.10 Å². The topological polar surface area (TPSA) is 72.7 Å². The lowest BCUT2D eigenvalue weighted by atomic mass is 9.73. The molecule has 25 heavy (non-hydrogen) atoms. The largest absolute Gasteiger partial charge is 0.328 e. The van der Waals surface area contributed by atoms with E-state index in [4.69, 9.17) is 0 Å². The fourth-order valence-electron chi connectivity index (χ4n) is 3.59. The van der Waals surface area contributed by atoms with Crippen molar-refractivity contribution in [1.82, 2.24) is 19.7 Å². The quantitative estimate of drug-likeness (QED) is 0.850.